The first-order valence-electron chi connectivity index (χ1n) is 3.85. The predicted octanol–water partition coefficient (Wildman–Crippen LogP) is 0.848. The fourth-order valence-electron chi connectivity index (χ4n) is 1.22. The summed E-state index contributed by atoms with van der Waals surface area (Å²) in [5.41, 5.74) is 0. The molecule has 0 spiro atoms. The molecule has 3 nitrogen and oxygen atoms in total. The molecule has 1 fully saturated rings. The Morgan fingerprint density at radius 3 is 2.75 bits per heavy atom. The van der Waals surface area contributed by atoms with Gasteiger partial charge in [-0.2, -0.15) is 0 Å². The number of carboxylic acids is 1. The zero-order valence-electron chi connectivity index (χ0n) is 6.52. The van der Waals surface area contributed by atoms with Gasteiger partial charge in [-0.25, -0.2) is 8.78 Å². The molecule has 1 heterocycles. The molecule has 70 valence electrons. The van der Waals surface area contributed by atoms with Crippen LogP contribution in [0.2, 0.25) is 0 Å². The molecule has 0 aromatic heterocycles. The van der Waals surface area contributed by atoms with Crippen molar-refractivity contribution < 1.29 is 18.7 Å². The molecule has 0 aromatic carbocycles. The Balaban J connectivity index is 2.50. The van der Waals surface area contributed by atoms with Gasteiger partial charge in [0.2, 0.25) is 5.92 Å². The van der Waals surface area contributed by atoms with Gasteiger partial charge in [-0.1, -0.05) is 0 Å². The van der Waals surface area contributed by atoms with Crippen LogP contribution in [0.25, 0.3) is 0 Å². The molecule has 0 aliphatic carbocycles. The number of rotatable bonds is 1. The summed E-state index contributed by atoms with van der Waals surface area (Å²) >= 11 is 0. The van der Waals surface area contributed by atoms with E-state index in [1.54, 1.807) is 0 Å². The second kappa shape index (κ2) is 3.35. The summed E-state index contributed by atoms with van der Waals surface area (Å²) in [6, 6.07) is -0.807. The Morgan fingerprint density at radius 1 is 1.50 bits per heavy atom. The molecule has 1 saturated heterocycles. The third kappa shape index (κ3) is 2.41. The Labute approximate surface area is 68.8 Å². The minimum Gasteiger partial charge on any atom is -0.480 e. The van der Waals surface area contributed by atoms with Crippen LogP contribution in [0.1, 0.15) is 19.3 Å². The molecule has 1 aliphatic heterocycles. The zero-order valence-corrected chi connectivity index (χ0v) is 6.52. The summed E-state index contributed by atoms with van der Waals surface area (Å²) in [5.74, 6) is -3.75. The van der Waals surface area contributed by atoms with Gasteiger partial charge in [0.15, 0.2) is 0 Å². The van der Waals surface area contributed by atoms with E-state index in [9.17, 15) is 13.6 Å². The van der Waals surface area contributed by atoms with Gasteiger partial charge in [-0.05, 0) is 6.42 Å². The van der Waals surface area contributed by atoms with Gasteiger partial charge >= 0.3 is 5.97 Å². The molecular formula is C7H11F2NO2. The van der Waals surface area contributed by atoms with Crippen molar-refractivity contribution in [3.8, 4) is 0 Å². The summed E-state index contributed by atoms with van der Waals surface area (Å²) in [7, 11) is 0. The maximum Gasteiger partial charge on any atom is 0.320 e. The maximum atomic E-state index is 12.7. The number of alkyl halides is 2. The highest BCUT2D eigenvalue weighted by Crippen LogP contribution is 2.26. The summed E-state index contributed by atoms with van der Waals surface area (Å²) in [4.78, 5) is 10.4. The quantitative estimate of drug-likeness (QED) is 0.627. The molecule has 5 heteroatoms. The maximum absolute atomic E-state index is 12.7. The lowest BCUT2D eigenvalue weighted by atomic mass is 10.1. The van der Waals surface area contributed by atoms with Crippen molar-refractivity contribution in [2.75, 3.05) is 6.54 Å². The average Bonchev–Trinajstić information content (AvgIpc) is 2.10. The monoisotopic (exact) mass is 179 g/mol. The molecule has 1 atom stereocenters. The number of aliphatic carboxylic acids is 1. The van der Waals surface area contributed by atoms with Crippen LogP contribution in [-0.4, -0.2) is 29.6 Å². The first-order chi connectivity index (χ1) is 5.51. The third-order valence-corrected chi connectivity index (χ3v) is 1.98. The van der Waals surface area contributed by atoms with Crippen molar-refractivity contribution in [1.82, 2.24) is 5.32 Å². The van der Waals surface area contributed by atoms with Crippen molar-refractivity contribution in [2.24, 2.45) is 0 Å². The second-order valence-corrected chi connectivity index (χ2v) is 2.99. The van der Waals surface area contributed by atoms with E-state index in [2.05, 4.69) is 5.32 Å². The number of carboxylic acid groups (broad SMARTS) is 1. The molecule has 2 N–H and O–H groups in total. The van der Waals surface area contributed by atoms with Gasteiger partial charge in [0, 0.05) is 19.4 Å². The average molecular weight is 179 g/mol. The summed E-state index contributed by atoms with van der Waals surface area (Å²) in [6.07, 6.45) is -0.601. The Kier molecular flexibility index (Phi) is 2.62. The van der Waals surface area contributed by atoms with Gasteiger partial charge in [0.05, 0.1) is 0 Å². The summed E-state index contributed by atoms with van der Waals surface area (Å²) in [6.45, 7) is 0.0734. The van der Waals surface area contributed by atoms with E-state index in [1.807, 2.05) is 0 Å². The molecule has 1 unspecified atom stereocenters. The fourth-order valence-corrected chi connectivity index (χ4v) is 1.22. The van der Waals surface area contributed by atoms with Crippen LogP contribution in [0.5, 0.6) is 0 Å². The SMILES string of the molecule is O=C(O)C1CCC(F)(F)CCN1. The molecule has 1 aliphatic rings. The van der Waals surface area contributed by atoms with Gasteiger partial charge in [-0.15, -0.1) is 0 Å². The van der Waals surface area contributed by atoms with Gasteiger partial charge in [-0.3, -0.25) is 4.79 Å². The summed E-state index contributed by atoms with van der Waals surface area (Å²) < 4.78 is 25.3. The van der Waals surface area contributed by atoms with Gasteiger partial charge < -0.3 is 10.4 Å². The topological polar surface area (TPSA) is 49.3 Å². The number of halogens is 2. The van der Waals surface area contributed by atoms with Gasteiger partial charge in [0.1, 0.15) is 6.04 Å². The van der Waals surface area contributed by atoms with E-state index in [1.165, 1.54) is 0 Å². The highest BCUT2D eigenvalue weighted by molar-refractivity contribution is 5.73. The van der Waals surface area contributed by atoms with Crippen LogP contribution in [0.4, 0.5) is 8.78 Å². The highest BCUT2D eigenvalue weighted by atomic mass is 19.3. The molecule has 1 rings (SSSR count). The van der Waals surface area contributed by atoms with E-state index in [4.69, 9.17) is 5.11 Å². The Hall–Kier alpha value is -0.710. The Bertz CT molecular complexity index is 184. The van der Waals surface area contributed by atoms with Crippen molar-refractivity contribution >= 4 is 5.97 Å². The fraction of sp³-hybridized carbons (Fsp3) is 0.857. The van der Waals surface area contributed by atoms with E-state index in [0.29, 0.717) is 0 Å². The second-order valence-electron chi connectivity index (χ2n) is 2.99. The lowest BCUT2D eigenvalue weighted by molar-refractivity contribution is -0.139. The van der Waals surface area contributed by atoms with Crippen molar-refractivity contribution in [2.45, 2.75) is 31.2 Å². The number of nitrogens with one attached hydrogen (secondary N) is 1. The van der Waals surface area contributed by atoms with Gasteiger partial charge in [0.25, 0.3) is 0 Å². The van der Waals surface area contributed by atoms with Crippen LogP contribution >= 0.6 is 0 Å². The molecular weight excluding hydrogens is 168 g/mol. The molecule has 0 saturated carbocycles. The molecule has 0 radical (unpaired) electrons. The highest BCUT2D eigenvalue weighted by Gasteiger charge is 2.34. The summed E-state index contributed by atoms with van der Waals surface area (Å²) in [5, 5.41) is 11.1. The standard InChI is InChI=1S/C7H11F2NO2/c8-7(9)2-1-5(6(11)12)10-4-3-7/h5,10H,1-4H2,(H,11,12). The van der Waals surface area contributed by atoms with Crippen LogP contribution in [-0.2, 0) is 4.79 Å². The Morgan fingerprint density at radius 2 is 2.17 bits per heavy atom. The zero-order chi connectivity index (χ0) is 9.19. The third-order valence-electron chi connectivity index (χ3n) is 1.98. The van der Waals surface area contributed by atoms with Crippen LogP contribution < -0.4 is 5.32 Å². The van der Waals surface area contributed by atoms with Crippen LogP contribution in [0.15, 0.2) is 0 Å². The van der Waals surface area contributed by atoms with E-state index >= 15 is 0 Å². The number of hydrogen-bond acceptors (Lipinski definition) is 2. The molecule has 0 aromatic rings. The predicted molar refractivity (Wildman–Crippen MR) is 38.2 cm³/mol. The molecule has 12 heavy (non-hydrogen) atoms. The van der Waals surface area contributed by atoms with E-state index in [0.717, 1.165) is 0 Å². The minimum absolute atomic E-state index is 0.00231. The molecule has 0 amide bonds. The first kappa shape index (κ1) is 9.38. The largest absolute Gasteiger partial charge is 0.480 e. The van der Waals surface area contributed by atoms with Crippen molar-refractivity contribution in [3.63, 3.8) is 0 Å². The normalized spacial score (nSPS) is 29.3. The van der Waals surface area contributed by atoms with E-state index in [-0.39, 0.29) is 25.8 Å². The van der Waals surface area contributed by atoms with E-state index < -0.39 is 17.9 Å². The lowest BCUT2D eigenvalue weighted by Gasteiger charge is -2.11. The molecule has 0 bridgehead atoms. The lowest BCUT2D eigenvalue weighted by Crippen LogP contribution is -2.35. The first-order valence-corrected chi connectivity index (χ1v) is 3.85. The minimum atomic E-state index is -2.70. The van der Waals surface area contributed by atoms with Crippen molar-refractivity contribution in [1.29, 1.82) is 0 Å². The van der Waals surface area contributed by atoms with Crippen molar-refractivity contribution in [3.05, 3.63) is 0 Å². The number of carbonyl (C=O) groups is 1. The van der Waals surface area contributed by atoms with Crippen LogP contribution in [0.3, 0.4) is 0 Å². The number of hydrogen-bond donors (Lipinski definition) is 2. The van der Waals surface area contributed by atoms with Crippen LogP contribution in [0, 0.1) is 0 Å². The smallest absolute Gasteiger partial charge is 0.320 e.